The van der Waals surface area contributed by atoms with E-state index in [2.05, 4.69) is 20.8 Å². The highest BCUT2D eigenvalue weighted by atomic mass is 32.2. The number of aryl methyl sites for hydroxylation is 1. The van der Waals surface area contributed by atoms with Gasteiger partial charge >= 0.3 is 0 Å². The zero-order chi connectivity index (χ0) is 15.2. The van der Waals surface area contributed by atoms with Crippen molar-refractivity contribution in [3.05, 3.63) is 29.8 Å². The van der Waals surface area contributed by atoms with Crippen molar-refractivity contribution in [3.8, 4) is 0 Å². The Morgan fingerprint density at radius 3 is 2.25 bits per heavy atom. The van der Waals surface area contributed by atoms with Crippen molar-refractivity contribution in [2.45, 2.75) is 39.0 Å². The Morgan fingerprint density at radius 1 is 1.10 bits per heavy atom. The molecule has 0 aliphatic carbocycles. The fourth-order valence-electron chi connectivity index (χ4n) is 1.43. The average molecular weight is 300 g/mol. The molecule has 0 radical (unpaired) electrons. The van der Waals surface area contributed by atoms with Crippen LogP contribution in [-0.2, 0) is 19.0 Å². The fourth-order valence-corrected chi connectivity index (χ4v) is 2.32. The summed E-state index contributed by atoms with van der Waals surface area (Å²) in [5, 5.41) is 0. The first-order valence-corrected chi connectivity index (χ1v) is 8.21. The molecule has 1 aromatic carbocycles. The van der Waals surface area contributed by atoms with Gasteiger partial charge in [0.1, 0.15) is 0 Å². The van der Waals surface area contributed by atoms with Gasteiger partial charge in [0.15, 0.2) is 0 Å². The van der Waals surface area contributed by atoms with E-state index >= 15 is 0 Å². The first-order chi connectivity index (χ1) is 9.27. The molecule has 0 aliphatic rings. The zero-order valence-electron chi connectivity index (χ0n) is 12.7. The molecule has 4 nitrogen and oxygen atoms in total. The summed E-state index contributed by atoms with van der Waals surface area (Å²) in [6.07, 6.45) is 1.01. The second kappa shape index (κ2) is 7.20. The van der Waals surface area contributed by atoms with Gasteiger partial charge in [-0.1, -0.05) is 38.5 Å². The van der Waals surface area contributed by atoms with Crippen LogP contribution < -0.4 is 0 Å². The largest absolute Gasteiger partial charge is 0.378 e. The predicted molar refractivity (Wildman–Crippen MR) is 79.2 cm³/mol. The van der Waals surface area contributed by atoms with Crippen LogP contribution in [-0.4, -0.2) is 28.2 Å². The van der Waals surface area contributed by atoms with E-state index in [1.807, 2.05) is 6.92 Å². The SMILES string of the molecule is CCC(C)(C)COCCOS(=O)(=O)c1ccc(C)cc1. The lowest BCUT2D eigenvalue weighted by Crippen LogP contribution is -2.20. The minimum Gasteiger partial charge on any atom is -0.378 e. The summed E-state index contributed by atoms with van der Waals surface area (Å²) in [6.45, 7) is 9.12. The molecule has 0 fully saturated rings. The van der Waals surface area contributed by atoms with Gasteiger partial charge in [-0.3, -0.25) is 4.18 Å². The molecule has 114 valence electrons. The molecule has 0 atom stereocenters. The lowest BCUT2D eigenvalue weighted by atomic mass is 9.92. The van der Waals surface area contributed by atoms with Crippen molar-refractivity contribution in [3.63, 3.8) is 0 Å². The Bertz CT molecular complexity index is 503. The second-order valence-electron chi connectivity index (χ2n) is 5.66. The molecule has 0 saturated heterocycles. The Hall–Kier alpha value is -0.910. The van der Waals surface area contributed by atoms with E-state index in [1.54, 1.807) is 24.3 Å². The third-order valence-electron chi connectivity index (χ3n) is 3.23. The molecular formula is C15H24O4S. The van der Waals surface area contributed by atoms with Crippen molar-refractivity contribution in [1.82, 2.24) is 0 Å². The Balaban J connectivity index is 2.39. The molecule has 1 aromatic rings. The van der Waals surface area contributed by atoms with Gasteiger partial charge in [0.05, 0.1) is 24.7 Å². The van der Waals surface area contributed by atoms with Crippen molar-refractivity contribution >= 4 is 10.1 Å². The number of hydrogen-bond donors (Lipinski definition) is 0. The number of hydrogen-bond acceptors (Lipinski definition) is 4. The van der Waals surface area contributed by atoms with Crippen LogP contribution >= 0.6 is 0 Å². The predicted octanol–water partition coefficient (Wildman–Crippen LogP) is 3.15. The average Bonchev–Trinajstić information content (AvgIpc) is 2.38. The maximum atomic E-state index is 11.9. The van der Waals surface area contributed by atoms with Gasteiger partial charge in [0.2, 0.25) is 0 Å². The highest BCUT2D eigenvalue weighted by molar-refractivity contribution is 7.86. The van der Waals surface area contributed by atoms with Crippen LogP contribution in [0.4, 0.5) is 0 Å². The summed E-state index contributed by atoms with van der Waals surface area (Å²) in [5.74, 6) is 0. The van der Waals surface area contributed by atoms with E-state index in [4.69, 9.17) is 8.92 Å². The minimum atomic E-state index is -3.68. The zero-order valence-corrected chi connectivity index (χ0v) is 13.5. The molecule has 1 rings (SSSR count). The third-order valence-corrected chi connectivity index (χ3v) is 4.55. The third kappa shape index (κ3) is 5.61. The van der Waals surface area contributed by atoms with Gasteiger partial charge in [-0.2, -0.15) is 8.42 Å². The lowest BCUT2D eigenvalue weighted by Gasteiger charge is -2.22. The van der Waals surface area contributed by atoms with Gasteiger partial charge in [-0.25, -0.2) is 0 Å². The lowest BCUT2D eigenvalue weighted by molar-refractivity contribution is 0.0437. The summed E-state index contributed by atoms with van der Waals surface area (Å²) in [5.41, 5.74) is 1.12. The summed E-state index contributed by atoms with van der Waals surface area (Å²) >= 11 is 0. The first-order valence-electron chi connectivity index (χ1n) is 6.81. The molecule has 5 heteroatoms. The first kappa shape index (κ1) is 17.1. The maximum absolute atomic E-state index is 11.9. The van der Waals surface area contributed by atoms with Crippen LogP contribution in [0.2, 0.25) is 0 Å². The van der Waals surface area contributed by atoms with E-state index < -0.39 is 10.1 Å². The molecule has 0 aromatic heterocycles. The van der Waals surface area contributed by atoms with E-state index in [-0.39, 0.29) is 23.5 Å². The van der Waals surface area contributed by atoms with E-state index in [0.29, 0.717) is 6.61 Å². The van der Waals surface area contributed by atoms with Crippen LogP contribution in [0.25, 0.3) is 0 Å². The van der Waals surface area contributed by atoms with Crippen molar-refractivity contribution in [1.29, 1.82) is 0 Å². The van der Waals surface area contributed by atoms with Crippen LogP contribution in [0, 0.1) is 12.3 Å². The molecule has 0 saturated carbocycles. The molecule has 0 spiro atoms. The van der Waals surface area contributed by atoms with Gasteiger partial charge in [-0.05, 0) is 30.9 Å². The molecular weight excluding hydrogens is 276 g/mol. The molecule has 0 aliphatic heterocycles. The molecule has 0 N–H and O–H groups in total. The maximum Gasteiger partial charge on any atom is 0.297 e. The smallest absolute Gasteiger partial charge is 0.297 e. The fraction of sp³-hybridized carbons (Fsp3) is 0.600. The topological polar surface area (TPSA) is 52.6 Å². The molecule has 0 amide bonds. The Morgan fingerprint density at radius 2 is 1.70 bits per heavy atom. The second-order valence-corrected chi connectivity index (χ2v) is 7.27. The van der Waals surface area contributed by atoms with Gasteiger partial charge in [-0.15, -0.1) is 0 Å². The van der Waals surface area contributed by atoms with Gasteiger partial charge < -0.3 is 4.74 Å². The summed E-state index contributed by atoms with van der Waals surface area (Å²) in [6, 6.07) is 6.59. The normalized spacial score (nSPS) is 12.6. The van der Waals surface area contributed by atoms with Gasteiger partial charge in [0, 0.05) is 0 Å². The highest BCUT2D eigenvalue weighted by Crippen LogP contribution is 2.19. The van der Waals surface area contributed by atoms with Crippen LogP contribution in [0.5, 0.6) is 0 Å². The Labute approximate surface area is 122 Å². The number of benzene rings is 1. The monoisotopic (exact) mass is 300 g/mol. The molecule has 20 heavy (non-hydrogen) atoms. The Kier molecular flexibility index (Phi) is 6.17. The van der Waals surface area contributed by atoms with E-state index in [1.165, 1.54) is 0 Å². The standard InChI is InChI=1S/C15H24O4S/c1-5-15(3,4)12-18-10-11-19-20(16,17)14-8-6-13(2)7-9-14/h6-9H,5,10-12H2,1-4H3. The molecule has 0 unspecified atom stereocenters. The van der Waals surface area contributed by atoms with E-state index in [9.17, 15) is 8.42 Å². The quantitative estimate of drug-likeness (QED) is 0.546. The van der Waals surface area contributed by atoms with Crippen molar-refractivity contribution in [2.75, 3.05) is 19.8 Å². The van der Waals surface area contributed by atoms with E-state index in [0.717, 1.165) is 12.0 Å². The van der Waals surface area contributed by atoms with Crippen LogP contribution in [0.3, 0.4) is 0 Å². The van der Waals surface area contributed by atoms with Crippen molar-refractivity contribution in [2.24, 2.45) is 5.41 Å². The number of rotatable bonds is 8. The van der Waals surface area contributed by atoms with Crippen LogP contribution in [0.1, 0.15) is 32.8 Å². The van der Waals surface area contributed by atoms with Gasteiger partial charge in [0.25, 0.3) is 10.1 Å². The minimum absolute atomic E-state index is 0.0377. The highest BCUT2D eigenvalue weighted by Gasteiger charge is 2.16. The number of ether oxygens (including phenoxy) is 1. The molecule has 0 bridgehead atoms. The molecule has 0 heterocycles. The van der Waals surface area contributed by atoms with Crippen LogP contribution in [0.15, 0.2) is 29.2 Å². The summed E-state index contributed by atoms with van der Waals surface area (Å²) in [4.78, 5) is 0.178. The van der Waals surface area contributed by atoms with Crippen molar-refractivity contribution < 1.29 is 17.3 Å². The summed E-state index contributed by atoms with van der Waals surface area (Å²) < 4.78 is 34.2. The summed E-state index contributed by atoms with van der Waals surface area (Å²) in [7, 11) is -3.68.